The van der Waals surface area contributed by atoms with Crippen LogP contribution >= 0.6 is 46.3 Å². The second kappa shape index (κ2) is 5.13. The topological polar surface area (TPSA) is 16.1 Å². The second-order valence-corrected chi connectivity index (χ2v) is 6.31. The minimum atomic E-state index is 0.448. The first kappa shape index (κ1) is 11.8. The summed E-state index contributed by atoms with van der Waals surface area (Å²) in [5.41, 5.74) is 0. The van der Waals surface area contributed by atoms with E-state index in [0.29, 0.717) is 17.1 Å². The molecule has 0 N–H and O–H groups in total. The van der Waals surface area contributed by atoms with Gasteiger partial charge in [-0.2, -0.15) is 11.8 Å². The van der Waals surface area contributed by atoms with Crippen LogP contribution in [0.4, 0.5) is 5.13 Å². The van der Waals surface area contributed by atoms with Gasteiger partial charge in [-0.05, 0) is 12.2 Å². The maximum Gasteiger partial charge on any atom is 0.187 e. The number of thiazole rings is 1. The highest BCUT2D eigenvalue weighted by Crippen LogP contribution is 2.33. The van der Waals surface area contributed by atoms with Gasteiger partial charge >= 0.3 is 0 Å². The molecule has 1 aromatic rings. The van der Waals surface area contributed by atoms with Gasteiger partial charge < -0.3 is 4.90 Å². The summed E-state index contributed by atoms with van der Waals surface area (Å²) >= 11 is 15.3. The van der Waals surface area contributed by atoms with Crippen LogP contribution in [-0.2, 0) is 5.88 Å². The van der Waals surface area contributed by atoms with Crippen molar-refractivity contribution in [3.05, 3.63) is 10.0 Å². The smallest absolute Gasteiger partial charge is 0.187 e. The highest BCUT2D eigenvalue weighted by Gasteiger charge is 2.23. The number of alkyl halides is 1. The summed E-state index contributed by atoms with van der Waals surface area (Å²) in [7, 11) is 2.09. The van der Waals surface area contributed by atoms with Crippen LogP contribution in [0.25, 0.3) is 0 Å². The molecule has 1 aliphatic heterocycles. The van der Waals surface area contributed by atoms with Crippen LogP contribution in [0.5, 0.6) is 0 Å². The van der Waals surface area contributed by atoms with E-state index in [1.54, 1.807) is 11.3 Å². The fourth-order valence-electron chi connectivity index (χ4n) is 1.54. The molecule has 6 heteroatoms. The lowest BCUT2D eigenvalue weighted by atomic mass is 10.2. The molecule has 0 aliphatic carbocycles. The Morgan fingerprint density at radius 1 is 1.60 bits per heavy atom. The molecule has 1 aromatic heterocycles. The molecule has 0 bridgehead atoms. The number of halogens is 2. The van der Waals surface area contributed by atoms with Crippen molar-refractivity contribution >= 4 is 51.4 Å². The van der Waals surface area contributed by atoms with Crippen molar-refractivity contribution in [2.75, 3.05) is 23.5 Å². The molecule has 0 radical (unpaired) electrons. The lowest BCUT2D eigenvalue weighted by Crippen LogP contribution is -2.31. The van der Waals surface area contributed by atoms with E-state index in [4.69, 9.17) is 23.2 Å². The van der Waals surface area contributed by atoms with Crippen LogP contribution in [0.3, 0.4) is 0 Å². The molecule has 1 aliphatic rings. The first-order valence-electron chi connectivity index (χ1n) is 4.74. The van der Waals surface area contributed by atoms with Crippen molar-refractivity contribution in [2.24, 2.45) is 0 Å². The number of hydrogen-bond acceptors (Lipinski definition) is 4. The SMILES string of the molecule is CN(c1nc(Cl)c(CCl)s1)C1CCSC1. The van der Waals surface area contributed by atoms with Gasteiger partial charge in [0.05, 0.1) is 10.8 Å². The zero-order chi connectivity index (χ0) is 10.8. The van der Waals surface area contributed by atoms with E-state index >= 15 is 0 Å². The third-order valence-corrected chi connectivity index (χ3v) is 5.66. The van der Waals surface area contributed by atoms with Crippen molar-refractivity contribution in [3.63, 3.8) is 0 Å². The standard InChI is InChI=1S/C9H12Cl2N2S2/c1-13(6-2-3-14-5-6)9-12-8(11)7(4-10)15-9/h6H,2-5H2,1H3. The highest BCUT2D eigenvalue weighted by atomic mass is 35.5. The zero-order valence-corrected chi connectivity index (χ0v) is 11.5. The average molecular weight is 283 g/mol. The van der Waals surface area contributed by atoms with Crippen LogP contribution in [-0.4, -0.2) is 29.6 Å². The Morgan fingerprint density at radius 3 is 2.93 bits per heavy atom. The lowest BCUT2D eigenvalue weighted by molar-refractivity contribution is 0.698. The van der Waals surface area contributed by atoms with Gasteiger partial charge in [-0.3, -0.25) is 0 Å². The van der Waals surface area contributed by atoms with E-state index in [-0.39, 0.29) is 0 Å². The monoisotopic (exact) mass is 282 g/mol. The fraction of sp³-hybridized carbons (Fsp3) is 0.667. The molecule has 15 heavy (non-hydrogen) atoms. The number of aromatic nitrogens is 1. The highest BCUT2D eigenvalue weighted by molar-refractivity contribution is 7.99. The van der Waals surface area contributed by atoms with Crippen LogP contribution in [0.1, 0.15) is 11.3 Å². The summed E-state index contributed by atoms with van der Waals surface area (Å²) in [5, 5.41) is 1.55. The molecule has 2 nitrogen and oxygen atoms in total. The van der Waals surface area contributed by atoms with Gasteiger partial charge in [0.2, 0.25) is 0 Å². The quantitative estimate of drug-likeness (QED) is 0.790. The summed E-state index contributed by atoms with van der Waals surface area (Å²) in [6, 6.07) is 0.598. The molecular weight excluding hydrogens is 271 g/mol. The molecule has 1 saturated heterocycles. The molecule has 2 rings (SSSR count). The summed E-state index contributed by atoms with van der Waals surface area (Å²) < 4.78 is 0. The predicted molar refractivity (Wildman–Crippen MR) is 70.8 cm³/mol. The summed E-state index contributed by atoms with van der Waals surface area (Å²) in [6.07, 6.45) is 1.23. The number of thioether (sulfide) groups is 1. The largest absolute Gasteiger partial charge is 0.347 e. The number of rotatable bonds is 3. The van der Waals surface area contributed by atoms with E-state index in [2.05, 4.69) is 16.9 Å². The van der Waals surface area contributed by atoms with E-state index in [1.807, 2.05) is 11.8 Å². The molecule has 84 valence electrons. The maximum absolute atomic E-state index is 5.98. The van der Waals surface area contributed by atoms with E-state index in [9.17, 15) is 0 Å². The van der Waals surface area contributed by atoms with E-state index < -0.39 is 0 Å². The van der Waals surface area contributed by atoms with Gasteiger partial charge in [0.25, 0.3) is 0 Å². The zero-order valence-electron chi connectivity index (χ0n) is 8.37. The Morgan fingerprint density at radius 2 is 2.40 bits per heavy atom. The Labute approximate surface area is 108 Å². The molecule has 0 spiro atoms. The summed E-state index contributed by atoms with van der Waals surface area (Å²) in [4.78, 5) is 7.53. The first-order chi connectivity index (χ1) is 7.22. The van der Waals surface area contributed by atoms with Crippen molar-refractivity contribution in [3.8, 4) is 0 Å². The van der Waals surface area contributed by atoms with Gasteiger partial charge in [0.15, 0.2) is 5.13 Å². The molecular formula is C9H12Cl2N2S2. The average Bonchev–Trinajstić information content (AvgIpc) is 2.85. The Kier molecular flexibility index (Phi) is 4.04. The third kappa shape index (κ3) is 2.54. The summed E-state index contributed by atoms with van der Waals surface area (Å²) in [6.45, 7) is 0. The van der Waals surface area contributed by atoms with Gasteiger partial charge in [-0.15, -0.1) is 11.6 Å². The molecule has 2 heterocycles. The number of nitrogens with zero attached hydrogens (tertiary/aromatic N) is 2. The van der Waals surface area contributed by atoms with Crippen molar-refractivity contribution in [1.82, 2.24) is 4.98 Å². The van der Waals surface area contributed by atoms with E-state index in [1.165, 1.54) is 17.9 Å². The predicted octanol–water partition coefficient (Wildman–Crippen LogP) is 3.48. The van der Waals surface area contributed by atoms with Crippen LogP contribution in [0, 0.1) is 0 Å². The maximum atomic E-state index is 5.98. The fourth-order valence-corrected chi connectivity index (χ4v) is 4.31. The van der Waals surface area contributed by atoms with Crippen molar-refractivity contribution < 1.29 is 0 Å². The second-order valence-electron chi connectivity index (χ2n) is 3.47. The van der Waals surface area contributed by atoms with Gasteiger partial charge in [-0.1, -0.05) is 22.9 Å². The lowest BCUT2D eigenvalue weighted by Gasteiger charge is -2.22. The minimum absolute atomic E-state index is 0.448. The molecule has 1 unspecified atom stereocenters. The molecule has 1 fully saturated rings. The summed E-state index contributed by atoms with van der Waals surface area (Å²) in [5.74, 6) is 2.88. The Bertz CT molecular complexity index is 337. The van der Waals surface area contributed by atoms with Crippen LogP contribution in [0.15, 0.2) is 0 Å². The van der Waals surface area contributed by atoms with E-state index in [0.717, 1.165) is 10.0 Å². The van der Waals surface area contributed by atoms with Gasteiger partial charge in [-0.25, -0.2) is 4.98 Å². The minimum Gasteiger partial charge on any atom is -0.347 e. The normalized spacial score (nSPS) is 20.9. The number of anilines is 1. The Hall–Kier alpha value is 0.360. The van der Waals surface area contributed by atoms with Crippen LogP contribution < -0.4 is 4.90 Å². The molecule has 1 atom stereocenters. The van der Waals surface area contributed by atoms with Crippen LogP contribution in [0.2, 0.25) is 5.15 Å². The number of hydrogen-bond donors (Lipinski definition) is 0. The van der Waals surface area contributed by atoms with Crippen molar-refractivity contribution in [1.29, 1.82) is 0 Å². The third-order valence-electron chi connectivity index (χ3n) is 2.51. The first-order valence-corrected chi connectivity index (χ1v) is 7.62. The van der Waals surface area contributed by atoms with Crippen molar-refractivity contribution in [2.45, 2.75) is 18.3 Å². The Balaban J connectivity index is 2.13. The van der Waals surface area contributed by atoms with Gasteiger partial charge in [0, 0.05) is 18.8 Å². The van der Waals surface area contributed by atoms with Gasteiger partial charge in [0.1, 0.15) is 5.15 Å². The molecule has 0 aromatic carbocycles. The molecule has 0 saturated carbocycles. The molecule has 0 amide bonds.